The van der Waals surface area contributed by atoms with Crippen LogP contribution in [0.1, 0.15) is 26.7 Å². The Kier molecular flexibility index (Phi) is 4.04. The lowest BCUT2D eigenvalue weighted by Gasteiger charge is -2.46. The molecule has 1 heterocycles. The van der Waals surface area contributed by atoms with Gasteiger partial charge in [-0.15, -0.1) is 0 Å². The number of rotatable bonds is 3. The Morgan fingerprint density at radius 2 is 1.90 bits per heavy atom. The average Bonchev–Trinajstić information content (AvgIpc) is 2.74. The average molecular weight is 298 g/mol. The lowest BCUT2D eigenvalue weighted by atomic mass is 9.61. The summed E-state index contributed by atoms with van der Waals surface area (Å²) in [5, 5.41) is 0. The molecule has 0 aromatic heterocycles. The molecule has 1 amide bonds. The van der Waals surface area contributed by atoms with Gasteiger partial charge in [0.25, 0.3) is 0 Å². The zero-order chi connectivity index (χ0) is 15.1. The molecule has 1 saturated carbocycles. The first kappa shape index (κ1) is 15.2. The van der Waals surface area contributed by atoms with E-state index in [4.69, 9.17) is 22.7 Å². The molecular weight excluding hydrogens is 276 g/mol. The number of amides is 1. The van der Waals surface area contributed by atoms with Crippen molar-refractivity contribution < 1.29 is 14.3 Å². The molecule has 0 bridgehead atoms. The molecule has 1 aliphatic heterocycles. The molecule has 2 atom stereocenters. The number of carbonyl (C=O) groups excluding carboxylic acids is 2. The number of likely N-dealkylation sites (tertiary alicyclic amines) is 1. The van der Waals surface area contributed by atoms with E-state index in [1.807, 2.05) is 6.92 Å². The highest BCUT2D eigenvalue weighted by molar-refractivity contribution is 7.80. The summed E-state index contributed by atoms with van der Waals surface area (Å²) in [6.07, 6.45) is 1.43. The van der Waals surface area contributed by atoms with Gasteiger partial charge in [0.2, 0.25) is 5.91 Å². The topological polar surface area (TPSA) is 72.6 Å². The van der Waals surface area contributed by atoms with E-state index in [-0.39, 0.29) is 28.7 Å². The van der Waals surface area contributed by atoms with Crippen molar-refractivity contribution in [3.63, 3.8) is 0 Å². The van der Waals surface area contributed by atoms with Gasteiger partial charge in [-0.3, -0.25) is 9.59 Å². The summed E-state index contributed by atoms with van der Waals surface area (Å²) in [6.45, 7) is 5.03. The van der Waals surface area contributed by atoms with Crippen LogP contribution in [0, 0.1) is 23.2 Å². The van der Waals surface area contributed by atoms with Crippen LogP contribution in [0.5, 0.6) is 0 Å². The first-order valence-electron chi connectivity index (χ1n) is 6.99. The Balaban J connectivity index is 2.11. The number of methoxy groups -OCH3 is 1. The molecule has 6 heteroatoms. The smallest absolute Gasteiger partial charge is 0.310 e. The Hall–Kier alpha value is -1.17. The number of ether oxygens (including phenoxy) is 1. The summed E-state index contributed by atoms with van der Waals surface area (Å²) in [4.78, 5) is 26.5. The van der Waals surface area contributed by atoms with Crippen LogP contribution < -0.4 is 5.73 Å². The minimum Gasteiger partial charge on any atom is -0.469 e. The Morgan fingerprint density at radius 1 is 1.30 bits per heavy atom. The maximum Gasteiger partial charge on any atom is 0.310 e. The lowest BCUT2D eigenvalue weighted by Crippen LogP contribution is -2.56. The van der Waals surface area contributed by atoms with E-state index in [9.17, 15) is 9.59 Å². The van der Waals surface area contributed by atoms with Crippen LogP contribution in [0.15, 0.2) is 0 Å². The quantitative estimate of drug-likeness (QED) is 0.620. The van der Waals surface area contributed by atoms with Crippen LogP contribution in [0.25, 0.3) is 0 Å². The van der Waals surface area contributed by atoms with Crippen molar-refractivity contribution in [3.8, 4) is 0 Å². The first-order chi connectivity index (χ1) is 9.31. The summed E-state index contributed by atoms with van der Waals surface area (Å²) < 4.78 is 4.80. The van der Waals surface area contributed by atoms with Gasteiger partial charge in [0.05, 0.1) is 23.4 Å². The van der Waals surface area contributed by atoms with Crippen LogP contribution in [0.4, 0.5) is 0 Å². The Bertz CT molecular complexity index is 446. The molecule has 0 aromatic carbocycles. The van der Waals surface area contributed by atoms with Gasteiger partial charge in [-0.1, -0.05) is 26.1 Å². The van der Waals surface area contributed by atoms with Gasteiger partial charge in [-0.25, -0.2) is 0 Å². The molecule has 2 unspecified atom stereocenters. The molecule has 1 saturated heterocycles. The third kappa shape index (κ3) is 2.30. The summed E-state index contributed by atoms with van der Waals surface area (Å²) in [6, 6.07) is 0. The van der Waals surface area contributed by atoms with E-state index in [2.05, 4.69) is 6.92 Å². The summed E-state index contributed by atoms with van der Waals surface area (Å²) in [5.74, 6) is 0.0644. The molecule has 0 aromatic rings. The highest BCUT2D eigenvalue weighted by Crippen LogP contribution is 2.48. The van der Waals surface area contributed by atoms with Gasteiger partial charge in [-0.05, 0) is 24.7 Å². The predicted octanol–water partition coefficient (Wildman–Crippen LogP) is 0.956. The van der Waals surface area contributed by atoms with Crippen molar-refractivity contribution in [1.29, 1.82) is 0 Å². The maximum absolute atomic E-state index is 12.7. The zero-order valence-electron chi connectivity index (χ0n) is 12.2. The van der Waals surface area contributed by atoms with Crippen molar-refractivity contribution in [2.75, 3.05) is 20.2 Å². The molecule has 2 rings (SSSR count). The second-order valence-corrected chi connectivity index (χ2v) is 6.72. The van der Waals surface area contributed by atoms with Crippen LogP contribution >= 0.6 is 12.2 Å². The van der Waals surface area contributed by atoms with Gasteiger partial charge >= 0.3 is 5.97 Å². The van der Waals surface area contributed by atoms with Gasteiger partial charge in [0.1, 0.15) is 0 Å². The molecule has 2 aliphatic rings. The Labute approximate surface area is 124 Å². The molecule has 5 nitrogen and oxygen atoms in total. The number of hydrogen-bond acceptors (Lipinski definition) is 4. The predicted molar refractivity (Wildman–Crippen MR) is 78.9 cm³/mol. The number of thiocarbonyl (C=S) groups is 1. The van der Waals surface area contributed by atoms with Crippen molar-refractivity contribution >= 4 is 29.1 Å². The minimum atomic E-state index is -0.681. The van der Waals surface area contributed by atoms with Crippen LogP contribution in [-0.4, -0.2) is 42.0 Å². The third-order valence-corrected chi connectivity index (χ3v) is 5.07. The van der Waals surface area contributed by atoms with E-state index < -0.39 is 5.41 Å². The summed E-state index contributed by atoms with van der Waals surface area (Å²) >= 11 is 5.12. The normalized spacial score (nSPS) is 36.4. The fourth-order valence-corrected chi connectivity index (χ4v) is 3.76. The van der Waals surface area contributed by atoms with E-state index in [0.717, 1.165) is 12.8 Å². The number of nitrogens with two attached hydrogens (primary N) is 1. The van der Waals surface area contributed by atoms with Gasteiger partial charge in [0, 0.05) is 13.1 Å². The van der Waals surface area contributed by atoms with Gasteiger partial charge < -0.3 is 15.4 Å². The highest BCUT2D eigenvalue weighted by atomic mass is 32.1. The molecule has 20 heavy (non-hydrogen) atoms. The molecule has 0 spiro atoms. The number of nitrogens with zero attached hydrogens (tertiary/aromatic N) is 1. The maximum atomic E-state index is 12.7. The SMILES string of the molecule is COC(=O)C1CN(C(=O)C2(C(N)=S)CC(C)C2)CC1C. The van der Waals surface area contributed by atoms with Crippen molar-refractivity contribution in [2.24, 2.45) is 28.9 Å². The van der Waals surface area contributed by atoms with E-state index >= 15 is 0 Å². The lowest BCUT2D eigenvalue weighted by molar-refractivity contribution is -0.147. The molecule has 0 radical (unpaired) electrons. The van der Waals surface area contributed by atoms with Crippen molar-refractivity contribution in [2.45, 2.75) is 26.7 Å². The second kappa shape index (κ2) is 5.31. The van der Waals surface area contributed by atoms with E-state index in [1.54, 1.807) is 4.90 Å². The number of carbonyl (C=O) groups is 2. The van der Waals surface area contributed by atoms with Crippen LogP contribution in [0.3, 0.4) is 0 Å². The fraction of sp³-hybridized carbons (Fsp3) is 0.786. The number of esters is 1. The second-order valence-electron chi connectivity index (χ2n) is 6.28. The highest BCUT2D eigenvalue weighted by Gasteiger charge is 2.54. The van der Waals surface area contributed by atoms with Crippen LogP contribution in [-0.2, 0) is 14.3 Å². The molecule has 2 fully saturated rings. The first-order valence-corrected chi connectivity index (χ1v) is 7.39. The van der Waals surface area contributed by atoms with Crippen LogP contribution in [0.2, 0.25) is 0 Å². The van der Waals surface area contributed by atoms with Crippen molar-refractivity contribution in [1.82, 2.24) is 4.90 Å². The van der Waals surface area contributed by atoms with E-state index in [0.29, 0.717) is 19.0 Å². The zero-order valence-corrected chi connectivity index (χ0v) is 13.0. The largest absolute Gasteiger partial charge is 0.469 e. The summed E-state index contributed by atoms with van der Waals surface area (Å²) in [7, 11) is 1.38. The molecule has 112 valence electrons. The van der Waals surface area contributed by atoms with E-state index in [1.165, 1.54) is 7.11 Å². The molecular formula is C14H22N2O3S. The third-order valence-electron chi connectivity index (χ3n) is 4.68. The Morgan fingerprint density at radius 3 is 2.35 bits per heavy atom. The minimum absolute atomic E-state index is 0.0126. The fourth-order valence-electron chi connectivity index (χ4n) is 3.50. The standard InChI is InChI=1S/C14H22N2O3S/c1-8-4-14(5-8,12(15)20)13(18)16-6-9(2)10(7-16)11(17)19-3/h8-10H,4-7H2,1-3H3,(H2,15,20). The summed E-state index contributed by atoms with van der Waals surface area (Å²) in [5.41, 5.74) is 5.13. The van der Waals surface area contributed by atoms with Gasteiger partial charge in [0.15, 0.2) is 0 Å². The molecule has 1 aliphatic carbocycles. The number of hydrogen-bond donors (Lipinski definition) is 1. The molecule has 2 N–H and O–H groups in total. The van der Waals surface area contributed by atoms with Gasteiger partial charge in [-0.2, -0.15) is 0 Å². The van der Waals surface area contributed by atoms with Crippen molar-refractivity contribution in [3.05, 3.63) is 0 Å². The monoisotopic (exact) mass is 298 g/mol.